The van der Waals surface area contributed by atoms with Gasteiger partial charge in [0.1, 0.15) is 5.76 Å². The average molecular weight is 442 g/mol. The van der Waals surface area contributed by atoms with Crippen LogP contribution >= 0.6 is 23.4 Å². The minimum Gasteiger partial charge on any atom is -0.469 e. The highest BCUT2D eigenvalue weighted by Gasteiger charge is 2.28. The largest absolute Gasteiger partial charge is 0.469 e. The summed E-state index contributed by atoms with van der Waals surface area (Å²) in [6.45, 7) is 1.27. The van der Waals surface area contributed by atoms with Crippen molar-refractivity contribution < 1.29 is 12.8 Å². The molecule has 9 heteroatoms. The molecule has 1 unspecified atom stereocenters. The number of thioether (sulfide) groups is 1. The van der Waals surface area contributed by atoms with Crippen molar-refractivity contribution in [2.75, 3.05) is 30.3 Å². The SMILES string of the molecule is O=S1(=O)CCC(NC(=NCCc2ccco2)NCCSc2ccc(Cl)cc2)C1. The molecule has 2 heterocycles. The summed E-state index contributed by atoms with van der Waals surface area (Å²) in [6.07, 6.45) is 2.96. The second-order valence-electron chi connectivity index (χ2n) is 6.53. The first-order valence-corrected chi connectivity index (χ1v) is 12.3. The molecule has 0 radical (unpaired) electrons. The maximum absolute atomic E-state index is 11.7. The summed E-state index contributed by atoms with van der Waals surface area (Å²) in [5.74, 6) is 2.77. The molecule has 0 bridgehead atoms. The lowest BCUT2D eigenvalue weighted by molar-refractivity contribution is 0.510. The van der Waals surface area contributed by atoms with Gasteiger partial charge in [-0.15, -0.1) is 11.8 Å². The van der Waals surface area contributed by atoms with Crippen LogP contribution in [0.1, 0.15) is 12.2 Å². The first-order chi connectivity index (χ1) is 13.5. The molecule has 28 heavy (non-hydrogen) atoms. The molecule has 0 saturated carbocycles. The van der Waals surface area contributed by atoms with E-state index in [1.807, 2.05) is 36.4 Å². The zero-order valence-electron chi connectivity index (χ0n) is 15.4. The summed E-state index contributed by atoms with van der Waals surface area (Å²) in [4.78, 5) is 5.73. The summed E-state index contributed by atoms with van der Waals surface area (Å²) in [6, 6.07) is 11.4. The molecule has 1 saturated heterocycles. The number of rotatable bonds is 8. The van der Waals surface area contributed by atoms with Gasteiger partial charge in [0.25, 0.3) is 0 Å². The molecule has 1 aromatic carbocycles. The fraction of sp³-hybridized carbons (Fsp3) is 0.421. The van der Waals surface area contributed by atoms with Crippen molar-refractivity contribution in [3.8, 4) is 0 Å². The highest BCUT2D eigenvalue weighted by atomic mass is 35.5. The summed E-state index contributed by atoms with van der Waals surface area (Å²) in [5, 5.41) is 7.29. The lowest BCUT2D eigenvalue weighted by Gasteiger charge is -2.16. The van der Waals surface area contributed by atoms with Gasteiger partial charge in [0, 0.05) is 41.2 Å². The number of hydrogen-bond acceptors (Lipinski definition) is 5. The molecular weight excluding hydrogens is 418 g/mol. The molecule has 2 N–H and O–H groups in total. The van der Waals surface area contributed by atoms with Crippen LogP contribution in [0.2, 0.25) is 5.02 Å². The van der Waals surface area contributed by atoms with E-state index in [4.69, 9.17) is 16.0 Å². The number of nitrogens with one attached hydrogen (secondary N) is 2. The Morgan fingerprint density at radius 1 is 1.29 bits per heavy atom. The minimum atomic E-state index is -2.94. The van der Waals surface area contributed by atoms with Gasteiger partial charge >= 0.3 is 0 Å². The molecule has 1 aromatic heterocycles. The van der Waals surface area contributed by atoms with Gasteiger partial charge in [-0.2, -0.15) is 0 Å². The third-order valence-electron chi connectivity index (χ3n) is 4.26. The standard InChI is InChI=1S/C19H24ClN3O3S2/c20-15-3-5-18(6-4-15)27-12-10-22-19(21-9-7-17-2-1-11-26-17)23-16-8-13-28(24,25)14-16/h1-6,11,16H,7-10,12-14H2,(H2,21,22,23). The Kier molecular flexibility index (Phi) is 7.70. The number of sulfone groups is 1. The van der Waals surface area contributed by atoms with Crippen LogP contribution in [0, 0.1) is 0 Å². The van der Waals surface area contributed by atoms with Crippen LogP contribution in [-0.2, 0) is 16.3 Å². The Morgan fingerprint density at radius 3 is 2.79 bits per heavy atom. The van der Waals surface area contributed by atoms with Crippen molar-refractivity contribution >= 4 is 39.2 Å². The maximum Gasteiger partial charge on any atom is 0.191 e. The van der Waals surface area contributed by atoms with Crippen molar-refractivity contribution in [3.05, 3.63) is 53.4 Å². The Morgan fingerprint density at radius 2 is 2.11 bits per heavy atom. The van der Waals surface area contributed by atoms with Crippen LogP contribution in [0.15, 0.2) is 57.0 Å². The van der Waals surface area contributed by atoms with Crippen molar-refractivity contribution in [3.63, 3.8) is 0 Å². The number of furan rings is 1. The molecule has 152 valence electrons. The fourth-order valence-corrected chi connectivity index (χ4v) is 5.42. The lowest BCUT2D eigenvalue weighted by Crippen LogP contribution is -2.44. The average Bonchev–Trinajstić information content (AvgIpc) is 3.29. The summed E-state index contributed by atoms with van der Waals surface area (Å²) in [7, 11) is -2.94. The molecular formula is C19H24ClN3O3S2. The van der Waals surface area contributed by atoms with E-state index < -0.39 is 9.84 Å². The van der Waals surface area contributed by atoms with E-state index in [9.17, 15) is 8.42 Å². The van der Waals surface area contributed by atoms with E-state index in [1.54, 1.807) is 18.0 Å². The highest BCUT2D eigenvalue weighted by molar-refractivity contribution is 7.99. The number of hydrogen-bond donors (Lipinski definition) is 2. The Labute approximate surface area is 175 Å². The summed E-state index contributed by atoms with van der Waals surface area (Å²) >= 11 is 7.63. The zero-order valence-corrected chi connectivity index (χ0v) is 17.8. The van der Waals surface area contributed by atoms with E-state index in [0.29, 0.717) is 31.9 Å². The second kappa shape index (κ2) is 10.2. The lowest BCUT2D eigenvalue weighted by atomic mass is 10.3. The van der Waals surface area contributed by atoms with Crippen molar-refractivity contribution in [1.29, 1.82) is 0 Å². The van der Waals surface area contributed by atoms with Gasteiger partial charge in [-0.3, -0.25) is 4.99 Å². The number of aliphatic imine (C=N–C) groups is 1. The molecule has 0 spiro atoms. The highest BCUT2D eigenvalue weighted by Crippen LogP contribution is 2.19. The normalized spacial score (nSPS) is 18.9. The second-order valence-corrected chi connectivity index (χ2v) is 10.4. The molecule has 6 nitrogen and oxygen atoms in total. The van der Waals surface area contributed by atoms with Gasteiger partial charge in [-0.25, -0.2) is 8.42 Å². The Balaban J connectivity index is 1.50. The van der Waals surface area contributed by atoms with Gasteiger partial charge in [0.2, 0.25) is 0 Å². The fourth-order valence-electron chi connectivity index (χ4n) is 2.86. The van der Waals surface area contributed by atoms with Gasteiger partial charge in [-0.1, -0.05) is 11.6 Å². The smallest absolute Gasteiger partial charge is 0.191 e. The van der Waals surface area contributed by atoms with Crippen LogP contribution in [0.4, 0.5) is 0 Å². The van der Waals surface area contributed by atoms with Crippen LogP contribution in [0.5, 0.6) is 0 Å². The monoisotopic (exact) mass is 441 g/mol. The quantitative estimate of drug-likeness (QED) is 0.283. The number of benzene rings is 1. The van der Waals surface area contributed by atoms with Gasteiger partial charge < -0.3 is 15.1 Å². The van der Waals surface area contributed by atoms with Crippen LogP contribution < -0.4 is 10.6 Å². The van der Waals surface area contributed by atoms with Crippen LogP contribution in [0.25, 0.3) is 0 Å². The van der Waals surface area contributed by atoms with Crippen LogP contribution in [0.3, 0.4) is 0 Å². The number of nitrogens with zero attached hydrogens (tertiary/aromatic N) is 1. The topological polar surface area (TPSA) is 83.7 Å². The molecule has 1 aliphatic rings. The van der Waals surface area contributed by atoms with E-state index in [1.165, 1.54) is 0 Å². The molecule has 0 aliphatic carbocycles. The van der Waals surface area contributed by atoms with E-state index in [-0.39, 0.29) is 17.5 Å². The van der Waals surface area contributed by atoms with Crippen molar-refractivity contribution in [2.24, 2.45) is 4.99 Å². The first kappa shape index (κ1) is 21.1. The molecule has 1 atom stereocenters. The Hall–Kier alpha value is -1.64. The summed E-state index contributed by atoms with van der Waals surface area (Å²) < 4.78 is 28.7. The molecule has 1 fully saturated rings. The number of halogens is 1. The molecule has 2 aromatic rings. The Bertz CT molecular complexity index is 868. The third-order valence-corrected chi connectivity index (χ3v) is 7.29. The summed E-state index contributed by atoms with van der Waals surface area (Å²) in [5.41, 5.74) is 0. The van der Waals surface area contributed by atoms with Gasteiger partial charge in [0.15, 0.2) is 15.8 Å². The van der Waals surface area contributed by atoms with Gasteiger partial charge in [0.05, 0.1) is 17.8 Å². The van der Waals surface area contributed by atoms with Crippen molar-refractivity contribution in [1.82, 2.24) is 10.6 Å². The minimum absolute atomic E-state index is 0.0937. The predicted molar refractivity (Wildman–Crippen MR) is 115 cm³/mol. The molecule has 1 aliphatic heterocycles. The molecule has 0 amide bonds. The van der Waals surface area contributed by atoms with E-state index in [2.05, 4.69) is 15.6 Å². The van der Waals surface area contributed by atoms with Crippen molar-refractivity contribution in [2.45, 2.75) is 23.8 Å². The number of guanidine groups is 1. The van der Waals surface area contributed by atoms with E-state index in [0.717, 1.165) is 21.4 Å². The molecule has 3 rings (SSSR count). The first-order valence-electron chi connectivity index (χ1n) is 9.16. The third kappa shape index (κ3) is 7.07. The zero-order chi connectivity index (χ0) is 19.8. The maximum atomic E-state index is 11.7. The van der Waals surface area contributed by atoms with Gasteiger partial charge in [-0.05, 0) is 42.8 Å². The van der Waals surface area contributed by atoms with E-state index >= 15 is 0 Å². The predicted octanol–water partition coefficient (Wildman–Crippen LogP) is 2.99. The van der Waals surface area contributed by atoms with Crippen LogP contribution in [-0.4, -0.2) is 50.8 Å².